The third-order valence-corrected chi connectivity index (χ3v) is 6.06. The maximum absolute atomic E-state index is 6.39. The van der Waals surface area contributed by atoms with Crippen LogP contribution in [0, 0.1) is 23.7 Å². The molecule has 2 bridgehead atoms. The first-order valence-corrected chi connectivity index (χ1v) is 8.23. The van der Waals surface area contributed by atoms with Gasteiger partial charge in [0.05, 0.1) is 0 Å². The molecule has 0 heterocycles. The number of fused-ring (bicyclic) bond motifs is 2. The van der Waals surface area contributed by atoms with Crippen LogP contribution in [0.25, 0.3) is 0 Å². The van der Waals surface area contributed by atoms with E-state index in [4.69, 9.17) is 5.73 Å². The first kappa shape index (κ1) is 12.9. The number of rotatable bonds is 3. The van der Waals surface area contributed by atoms with E-state index < -0.39 is 0 Å². The topological polar surface area (TPSA) is 38.0 Å². The molecule has 104 valence electrons. The molecular weight excluding hydrogens is 220 g/mol. The first-order valence-electron chi connectivity index (χ1n) is 8.23. The Kier molecular flexibility index (Phi) is 3.95. The molecule has 6 atom stereocenters. The van der Waals surface area contributed by atoms with Crippen LogP contribution in [-0.2, 0) is 0 Å². The Morgan fingerprint density at radius 2 is 1.83 bits per heavy atom. The Bertz CT molecular complexity index is 276. The van der Waals surface area contributed by atoms with Crippen molar-refractivity contribution in [1.29, 1.82) is 0 Å². The van der Waals surface area contributed by atoms with Gasteiger partial charge in [0.1, 0.15) is 0 Å². The van der Waals surface area contributed by atoms with Crippen LogP contribution < -0.4 is 11.1 Å². The molecule has 0 saturated heterocycles. The summed E-state index contributed by atoms with van der Waals surface area (Å²) < 4.78 is 0. The zero-order valence-electron chi connectivity index (χ0n) is 11.9. The van der Waals surface area contributed by atoms with Gasteiger partial charge in [-0.25, -0.2) is 0 Å². The monoisotopic (exact) mass is 250 g/mol. The van der Waals surface area contributed by atoms with Crippen LogP contribution in [-0.4, -0.2) is 18.6 Å². The van der Waals surface area contributed by atoms with Gasteiger partial charge in [0.2, 0.25) is 0 Å². The van der Waals surface area contributed by atoms with E-state index in [1.165, 1.54) is 57.9 Å². The highest BCUT2D eigenvalue weighted by molar-refractivity contribution is 4.99. The van der Waals surface area contributed by atoms with Crippen molar-refractivity contribution in [3.05, 3.63) is 0 Å². The van der Waals surface area contributed by atoms with E-state index in [9.17, 15) is 0 Å². The highest BCUT2D eigenvalue weighted by Gasteiger charge is 2.45. The molecule has 3 aliphatic carbocycles. The van der Waals surface area contributed by atoms with E-state index in [0.29, 0.717) is 6.04 Å². The fourth-order valence-corrected chi connectivity index (χ4v) is 4.75. The van der Waals surface area contributed by atoms with Crippen LogP contribution in [0.1, 0.15) is 58.3 Å². The summed E-state index contributed by atoms with van der Waals surface area (Å²) in [7, 11) is 0. The number of nitrogens with two attached hydrogens (primary N) is 1. The lowest BCUT2D eigenvalue weighted by molar-refractivity contribution is 0.264. The molecule has 3 rings (SSSR count). The Morgan fingerprint density at radius 1 is 1.00 bits per heavy atom. The van der Waals surface area contributed by atoms with Gasteiger partial charge in [0, 0.05) is 12.1 Å². The van der Waals surface area contributed by atoms with Gasteiger partial charge in [-0.15, -0.1) is 0 Å². The molecule has 18 heavy (non-hydrogen) atoms. The summed E-state index contributed by atoms with van der Waals surface area (Å²) in [4.78, 5) is 0. The van der Waals surface area contributed by atoms with Crippen molar-refractivity contribution in [3.63, 3.8) is 0 Å². The third-order valence-electron chi connectivity index (χ3n) is 6.06. The maximum Gasteiger partial charge on any atom is 0.0110 e. The van der Waals surface area contributed by atoms with Gasteiger partial charge in [-0.05, 0) is 68.7 Å². The van der Waals surface area contributed by atoms with Gasteiger partial charge in [0.25, 0.3) is 0 Å². The van der Waals surface area contributed by atoms with Crippen molar-refractivity contribution in [1.82, 2.24) is 5.32 Å². The van der Waals surface area contributed by atoms with Crippen LogP contribution >= 0.6 is 0 Å². The molecule has 0 aromatic rings. The largest absolute Gasteiger partial charge is 0.327 e. The number of nitrogens with one attached hydrogen (secondary N) is 1. The molecule has 0 radical (unpaired) electrons. The van der Waals surface area contributed by atoms with Crippen LogP contribution in [0.4, 0.5) is 0 Å². The molecule has 0 amide bonds. The lowest BCUT2D eigenvalue weighted by Gasteiger charge is -2.30. The first-order chi connectivity index (χ1) is 8.74. The van der Waals surface area contributed by atoms with E-state index in [2.05, 4.69) is 12.2 Å². The minimum atomic E-state index is 0.501. The van der Waals surface area contributed by atoms with Gasteiger partial charge in [0.15, 0.2) is 0 Å². The van der Waals surface area contributed by atoms with Crippen LogP contribution in [0.5, 0.6) is 0 Å². The summed E-state index contributed by atoms with van der Waals surface area (Å²) in [5.74, 6) is 3.53. The van der Waals surface area contributed by atoms with Crippen LogP contribution in [0.3, 0.4) is 0 Å². The molecule has 0 aliphatic heterocycles. The normalized spacial score (nSPS) is 48.3. The molecule has 3 aliphatic rings. The smallest absolute Gasteiger partial charge is 0.0110 e. The van der Waals surface area contributed by atoms with Gasteiger partial charge in [-0.2, -0.15) is 0 Å². The lowest BCUT2D eigenvalue weighted by atomic mass is 9.84. The van der Waals surface area contributed by atoms with Crippen molar-refractivity contribution >= 4 is 0 Å². The Morgan fingerprint density at radius 3 is 2.61 bits per heavy atom. The van der Waals surface area contributed by atoms with Crippen molar-refractivity contribution in [2.75, 3.05) is 6.54 Å². The van der Waals surface area contributed by atoms with Crippen molar-refractivity contribution in [2.45, 2.75) is 70.4 Å². The van der Waals surface area contributed by atoms with Crippen molar-refractivity contribution in [2.24, 2.45) is 29.4 Å². The third kappa shape index (κ3) is 2.60. The Balaban J connectivity index is 1.46. The summed E-state index contributed by atoms with van der Waals surface area (Å²) in [5, 5.41) is 3.86. The summed E-state index contributed by atoms with van der Waals surface area (Å²) >= 11 is 0. The fraction of sp³-hybridized carbons (Fsp3) is 1.00. The van der Waals surface area contributed by atoms with E-state index in [1.807, 2.05) is 0 Å². The minimum absolute atomic E-state index is 0.501. The zero-order valence-corrected chi connectivity index (χ0v) is 11.9. The maximum atomic E-state index is 6.39. The zero-order chi connectivity index (χ0) is 12.5. The van der Waals surface area contributed by atoms with E-state index in [-0.39, 0.29) is 0 Å². The second-order valence-electron chi connectivity index (χ2n) is 7.29. The SMILES string of the molecule is CC1CCCC(NCC2C3CCC(C3)C2N)CC1. The van der Waals surface area contributed by atoms with Crippen LogP contribution in [0.15, 0.2) is 0 Å². The van der Waals surface area contributed by atoms with Crippen molar-refractivity contribution < 1.29 is 0 Å². The highest BCUT2D eigenvalue weighted by Crippen LogP contribution is 2.47. The average Bonchev–Trinajstić information content (AvgIpc) is 2.87. The number of hydrogen-bond donors (Lipinski definition) is 2. The van der Waals surface area contributed by atoms with Gasteiger partial charge < -0.3 is 11.1 Å². The summed E-state index contributed by atoms with van der Waals surface area (Å²) in [5.41, 5.74) is 6.39. The summed E-state index contributed by atoms with van der Waals surface area (Å²) in [6.45, 7) is 3.61. The van der Waals surface area contributed by atoms with Gasteiger partial charge >= 0.3 is 0 Å². The van der Waals surface area contributed by atoms with E-state index >= 15 is 0 Å². The Hall–Kier alpha value is -0.0800. The molecule has 2 nitrogen and oxygen atoms in total. The fourth-order valence-electron chi connectivity index (χ4n) is 4.75. The minimum Gasteiger partial charge on any atom is -0.327 e. The van der Waals surface area contributed by atoms with Gasteiger partial charge in [-0.3, -0.25) is 0 Å². The molecule has 3 saturated carbocycles. The molecule has 0 aromatic carbocycles. The molecule has 6 unspecified atom stereocenters. The summed E-state index contributed by atoms with van der Waals surface area (Å²) in [6.07, 6.45) is 11.3. The lowest BCUT2D eigenvalue weighted by Crippen LogP contribution is -2.43. The van der Waals surface area contributed by atoms with Crippen molar-refractivity contribution in [3.8, 4) is 0 Å². The van der Waals surface area contributed by atoms with Gasteiger partial charge in [-0.1, -0.05) is 19.8 Å². The molecule has 0 spiro atoms. The molecule has 3 fully saturated rings. The predicted molar refractivity (Wildman–Crippen MR) is 76.3 cm³/mol. The average molecular weight is 250 g/mol. The molecular formula is C16H30N2. The highest BCUT2D eigenvalue weighted by atomic mass is 14.9. The summed E-state index contributed by atoms with van der Waals surface area (Å²) in [6, 6.07) is 1.28. The predicted octanol–water partition coefficient (Wildman–Crippen LogP) is 2.92. The van der Waals surface area contributed by atoms with E-state index in [0.717, 1.165) is 29.7 Å². The second-order valence-corrected chi connectivity index (χ2v) is 7.29. The second kappa shape index (κ2) is 5.50. The molecule has 3 N–H and O–H groups in total. The van der Waals surface area contributed by atoms with E-state index in [1.54, 1.807) is 0 Å². The quantitative estimate of drug-likeness (QED) is 0.756. The van der Waals surface area contributed by atoms with Crippen LogP contribution in [0.2, 0.25) is 0 Å². The Labute approximate surface area is 112 Å². The number of hydrogen-bond acceptors (Lipinski definition) is 2. The molecule has 2 heteroatoms. The molecule has 0 aromatic heterocycles. The standard InChI is InChI=1S/C16H30N2/c1-11-3-2-4-14(8-5-11)18-10-15-12-6-7-13(9-12)16(15)17/h11-16,18H,2-10,17H2,1H3.